The van der Waals surface area contributed by atoms with Crippen LogP contribution in [0.2, 0.25) is 0 Å². The summed E-state index contributed by atoms with van der Waals surface area (Å²) >= 11 is 3.64. The summed E-state index contributed by atoms with van der Waals surface area (Å²) in [7, 11) is 2.27. The monoisotopic (exact) mass is 307 g/mol. The van der Waals surface area contributed by atoms with Gasteiger partial charge in [-0.05, 0) is 55.7 Å². The third kappa shape index (κ3) is 2.65. The summed E-state index contributed by atoms with van der Waals surface area (Å²) in [6, 6.07) is 8.58. The topological polar surface area (TPSA) is 3.24 Å². The SMILES string of the molecule is CN(Cc1ccccc1Br)CC1CC2CCC1C2. The lowest BCUT2D eigenvalue weighted by Gasteiger charge is -2.27. The van der Waals surface area contributed by atoms with E-state index in [0.717, 1.165) is 24.3 Å². The molecule has 3 atom stereocenters. The Labute approximate surface area is 119 Å². The Morgan fingerprint density at radius 1 is 1.22 bits per heavy atom. The second kappa shape index (κ2) is 5.34. The fraction of sp³-hybridized carbons (Fsp3) is 0.625. The lowest BCUT2D eigenvalue weighted by atomic mass is 9.88. The van der Waals surface area contributed by atoms with Gasteiger partial charge in [0.1, 0.15) is 0 Å². The van der Waals surface area contributed by atoms with Crippen molar-refractivity contribution in [1.82, 2.24) is 4.90 Å². The van der Waals surface area contributed by atoms with Gasteiger partial charge in [0.05, 0.1) is 0 Å². The van der Waals surface area contributed by atoms with Gasteiger partial charge in [-0.15, -0.1) is 0 Å². The normalized spacial score (nSPS) is 30.3. The van der Waals surface area contributed by atoms with Crippen LogP contribution in [-0.4, -0.2) is 18.5 Å². The molecular weight excluding hydrogens is 286 g/mol. The molecule has 2 aliphatic rings. The Kier molecular flexibility index (Phi) is 3.76. The maximum atomic E-state index is 3.64. The van der Waals surface area contributed by atoms with E-state index in [1.54, 1.807) is 0 Å². The van der Waals surface area contributed by atoms with E-state index in [9.17, 15) is 0 Å². The lowest BCUT2D eigenvalue weighted by molar-refractivity contribution is 0.214. The first-order valence-corrected chi connectivity index (χ1v) is 7.93. The van der Waals surface area contributed by atoms with E-state index in [1.165, 1.54) is 42.3 Å². The van der Waals surface area contributed by atoms with Gasteiger partial charge in [-0.1, -0.05) is 40.5 Å². The highest BCUT2D eigenvalue weighted by atomic mass is 79.9. The molecule has 0 radical (unpaired) electrons. The van der Waals surface area contributed by atoms with Crippen molar-refractivity contribution >= 4 is 15.9 Å². The number of rotatable bonds is 4. The van der Waals surface area contributed by atoms with E-state index in [2.05, 4.69) is 52.1 Å². The molecule has 3 unspecified atom stereocenters. The van der Waals surface area contributed by atoms with E-state index in [0.29, 0.717) is 0 Å². The van der Waals surface area contributed by atoms with Gasteiger partial charge in [0.25, 0.3) is 0 Å². The first-order chi connectivity index (χ1) is 8.72. The van der Waals surface area contributed by atoms with Crippen molar-refractivity contribution in [2.75, 3.05) is 13.6 Å². The molecule has 0 spiro atoms. The van der Waals surface area contributed by atoms with Crippen molar-refractivity contribution in [2.45, 2.75) is 32.2 Å². The minimum Gasteiger partial charge on any atom is -0.302 e. The maximum Gasteiger partial charge on any atom is 0.0242 e. The summed E-state index contributed by atoms with van der Waals surface area (Å²) in [6.07, 6.45) is 6.02. The molecule has 1 aromatic rings. The molecule has 2 heteroatoms. The molecule has 18 heavy (non-hydrogen) atoms. The quantitative estimate of drug-likeness (QED) is 0.801. The molecule has 2 bridgehead atoms. The summed E-state index contributed by atoms with van der Waals surface area (Å²) in [6.45, 7) is 2.35. The van der Waals surface area contributed by atoms with Crippen LogP contribution >= 0.6 is 15.9 Å². The number of hydrogen-bond donors (Lipinski definition) is 0. The molecular formula is C16H22BrN. The first-order valence-electron chi connectivity index (χ1n) is 7.14. The van der Waals surface area contributed by atoms with Gasteiger partial charge < -0.3 is 4.90 Å². The van der Waals surface area contributed by atoms with Crippen molar-refractivity contribution < 1.29 is 0 Å². The van der Waals surface area contributed by atoms with Gasteiger partial charge in [0, 0.05) is 17.6 Å². The summed E-state index contributed by atoms with van der Waals surface area (Å²) in [5.74, 6) is 3.07. The Morgan fingerprint density at radius 3 is 2.72 bits per heavy atom. The molecule has 2 aliphatic carbocycles. The first kappa shape index (κ1) is 12.7. The number of halogens is 1. The Morgan fingerprint density at radius 2 is 2.06 bits per heavy atom. The highest BCUT2D eigenvalue weighted by Gasteiger charge is 2.39. The zero-order valence-electron chi connectivity index (χ0n) is 11.1. The van der Waals surface area contributed by atoms with Crippen LogP contribution in [0.4, 0.5) is 0 Å². The Balaban J connectivity index is 1.56. The highest BCUT2D eigenvalue weighted by molar-refractivity contribution is 9.10. The molecule has 0 amide bonds. The highest BCUT2D eigenvalue weighted by Crippen LogP contribution is 2.48. The van der Waals surface area contributed by atoms with Crippen LogP contribution in [-0.2, 0) is 6.54 Å². The zero-order chi connectivity index (χ0) is 12.5. The van der Waals surface area contributed by atoms with Crippen LogP contribution in [0.1, 0.15) is 31.2 Å². The summed E-state index contributed by atoms with van der Waals surface area (Å²) < 4.78 is 1.24. The molecule has 2 saturated carbocycles. The van der Waals surface area contributed by atoms with Crippen LogP contribution in [0.25, 0.3) is 0 Å². The number of hydrogen-bond acceptors (Lipinski definition) is 1. The number of nitrogens with zero attached hydrogens (tertiary/aromatic N) is 1. The molecule has 1 nitrogen and oxygen atoms in total. The van der Waals surface area contributed by atoms with Crippen LogP contribution in [0.5, 0.6) is 0 Å². The van der Waals surface area contributed by atoms with Crippen molar-refractivity contribution in [2.24, 2.45) is 17.8 Å². The molecule has 2 fully saturated rings. The standard InChI is InChI=1S/C16H22BrN/c1-18(10-14-4-2-3-5-16(14)17)11-15-9-12-6-7-13(15)8-12/h2-5,12-13,15H,6-11H2,1H3. The molecule has 0 heterocycles. The van der Waals surface area contributed by atoms with E-state index in [4.69, 9.17) is 0 Å². The van der Waals surface area contributed by atoms with E-state index in [1.807, 2.05) is 0 Å². The number of benzene rings is 1. The van der Waals surface area contributed by atoms with Gasteiger partial charge >= 0.3 is 0 Å². The third-order valence-corrected chi connectivity index (χ3v) is 5.60. The van der Waals surface area contributed by atoms with Gasteiger partial charge in [0.2, 0.25) is 0 Å². The minimum absolute atomic E-state index is 0.969. The smallest absolute Gasteiger partial charge is 0.0242 e. The van der Waals surface area contributed by atoms with Crippen molar-refractivity contribution in [3.8, 4) is 0 Å². The molecule has 98 valence electrons. The van der Waals surface area contributed by atoms with Crippen LogP contribution in [0, 0.1) is 17.8 Å². The summed E-state index contributed by atoms with van der Waals surface area (Å²) in [4.78, 5) is 2.51. The van der Waals surface area contributed by atoms with Crippen LogP contribution < -0.4 is 0 Å². The molecule has 1 aromatic carbocycles. The van der Waals surface area contributed by atoms with E-state index < -0.39 is 0 Å². The number of fused-ring (bicyclic) bond motifs is 2. The van der Waals surface area contributed by atoms with Crippen LogP contribution in [0.15, 0.2) is 28.7 Å². The van der Waals surface area contributed by atoms with E-state index >= 15 is 0 Å². The lowest BCUT2D eigenvalue weighted by Crippen LogP contribution is -2.28. The van der Waals surface area contributed by atoms with Gasteiger partial charge in [0.15, 0.2) is 0 Å². The molecule has 3 rings (SSSR count). The molecule has 0 aromatic heterocycles. The minimum atomic E-state index is 0.969. The zero-order valence-corrected chi connectivity index (χ0v) is 12.7. The van der Waals surface area contributed by atoms with Gasteiger partial charge in [-0.2, -0.15) is 0 Å². The molecule has 0 N–H and O–H groups in total. The van der Waals surface area contributed by atoms with Crippen molar-refractivity contribution in [1.29, 1.82) is 0 Å². The fourth-order valence-electron chi connectivity index (χ4n) is 3.98. The second-order valence-corrected chi connectivity index (χ2v) is 7.08. The van der Waals surface area contributed by atoms with Gasteiger partial charge in [-0.3, -0.25) is 0 Å². The third-order valence-electron chi connectivity index (χ3n) is 4.83. The molecule has 0 saturated heterocycles. The maximum absolute atomic E-state index is 3.64. The predicted octanol–water partition coefficient (Wildman–Crippen LogP) is 4.32. The van der Waals surface area contributed by atoms with Gasteiger partial charge in [-0.25, -0.2) is 0 Å². The summed E-state index contributed by atoms with van der Waals surface area (Å²) in [5.41, 5.74) is 1.41. The predicted molar refractivity (Wildman–Crippen MR) is 79.4 cm³/mol. The fourth-order valence-corrected chi connectivity index (χ4v) is 4.39. The second-order valence-electron chi connectivity index (χ2n) is 6.22. The van der Waals surface area contributed by atoms with Crippen LogP contribution in [0.3, 0.4) is 0 Å². The largest absolute Gasteiger partial charge is 0.302 e. The van der Waals surface area contributed by atoms with Crippen molar-refractivity contribution in [3.05, 3.63) is 34.3 Å². The average Bonchev–Trinajstić information content (AvgIpc) is 2.94. The summed E-state index contributed by atoms with van der Waals surface area (Å²) in [5, 5.41) is 0. The average molecular weight is 308 g/mol. The van der Waals surface area contributed by atoms with E-state index in [-0.39, 0.29) is 0 Å². The Hall–Kier alpha value is -0.340. The van der Waals surface area contributed by atoms with Crippen molar-refractivity contribution in [3.63, 3.8) is 0 Å². The Bertz CT molecular complexity index is 417. The molecule has 0 aliphatic heterocycles.